The molecule has 1 aromatic heterocycles. The molecule has 18 heteroatoms. The van der Waals surface area contributed by atoms with E-state index in [9.17, 15) is 38.4 Å². The quantitative estimate of drug-likeness (QED) is 0.00919. The number of ether oxygens (including phenoxy) is 9. The first-order valence-electron chi connectivity index (χ1n) is 39.4. The van der Waals surface area contributed by atoms with Gasteiger partial charge >= 0.3 is 47.8 Å². The fraction of sp³-hybridized carbons (Fsp3) is 0.495. The number of hydrogen-bond donors (Lipinski definition) is 0. The standard InChI is InChI=1S/C91H104O17S/c1-5-9-15-24-67-54-57-91(58-55-67,108-89(98)74-44-46-76(47-45-74)105-87(96)72-40-36-70(37-41-72)85(94)103-62-22-13-11-20-60-101-82(92)7-3)56-19-18-26-66-30-34-69(35-31-66)68-32-28-65(29-33-68)25-16-17-27-78-64-80-81(53-52-79(84(80)109-78)90(99)106-77-50-48-75(49-51-77)100-59-10-6-2)107-88(97)73-42-38-71(39-43-73)86(95)104-63-23-14-12-21-61-102-83(93)8-4/h7-8,28-35,44-47,52-53,64,67,70-73,75,77H,3-6,9-15,20-24,36-43,48-51,54-55,57-63H2,1-2H3. The van der Waals surface area contributed by atoms with Crippen LogP contribution in [0.15, 0.2) is 116 Å². The van der Waals surface area contributed by atoms with E-state index < -0.39 is 41.4 Å². The van der Waals surface area contributed by atoms with Gasteiger partial charge in [-0.15, -0.1) is 11.3 Å². The van der Waals surface area contributed by atoms with Gasteiger partial charge in [-0.3, -0.25) is 19.2 Å². The van der Waals surface area contributed by atoms with E-state index in [2.05, 4.69) is 74.4 Å². The minimum atomic E-state index is -1.02. The van der Waals surface area contributed by atoms with Gasteiger partial charge in [-0.1, -0.05) is 95.2 Å². The van der Waals surface area contributed by atoms with Crippen LogP contribution >= 0.6 is 11.3 Å². The van der Waals surface area contributed by atoms with Crippen LogP contribution in [0.4, 0.5) is 0 Å². The predicted molar refractivity (Wildman–Crippen MR) is 418 cm³/mol. The van der Waals surface area contributed by atoms with Crippen molar-refractivity contribution >= 4 is 69.2 Å². The number of benzene rings is 4. The van der Waals surface area contributed by atoms with Gasteiger partial charge in [-0.05, 0) is 280 Å². The van der Waals surface area contributed by atoms with Crippen LogP contribution in [-0.4, -0.2) is 98.6 Å². The molecule has 4 aliphatic carbocycles. The van der Waals surface area contributed by atoms with Gasteiger partial charge in [-0.25, -0.2) is 19.2 Å². The van der Waals surface area contributed by atoms with Crippen molar-refractivity contribution < 1.29 is 81.0 Å². The lowest BCUT2D eigenvalue weighted by atomic mass is 9.77. The molecule has 0 atom stereocenters. The maximum absolute atomic E-state index is 14.0. The molecule has 0 saturated heterocycles. The summed E-state index contributed by atoms with van der Waals surface area (Å²) in [4.78, 5) is 104. The number of fused-ring (bicyclic) bond motifs is 1. The predicted octanol–water partition coefficient (Wildman–Crippen LogP) is 18.1. The zero-order valence-electron chi connectivity index (χ0n) is 63.4. The van der Waals surface area contributed by atoms with Crippen LogP contribution in [0.25, 0.3) is 21.2 Å². The summed E-state index contributed by atoms with van der Waals surface area (Å²) < 4.78 is 52.1. The lowest BCUT2D eigenvalue weighted by Crippen LogP contribution is -2.38. The number of carbonyl (C=O) groups excluding carboxylic acids is 8. The van der Waals surface area contributed by atoms with Gasteiger partial charge in [0, 0.05) is 35.3 Å². The molecule has 4 fully saturated rings. The normalized spacial score (nSPS) is 20.0. The summed E-state index contributed by atoms with van der Waals surface area (Å²) in [5.74, 6) is 21.5. The van der Waals surface area contributed by atoms with Gasteiger partial charge < -0.3 is 42.6 Å². The van der Waals surface area contributed by atoms with E-state index in [0.717, 1.165) is 137 Å². The van der Waals surface area contributed by atoms with Crippen LogP contribution in [0, 0.1) is 77.0 Å². The average molecular weight is 1500 g/mol. The number of thiophene rings is 1. The summed E-state index contributed by atoms with van der Waals surface area (Å²) in [5.41, 5.74) is 3.16. The summed E-state index contributed by atoms with van der Waals surface area (Å²) in [5, 5.41) is 0.566. The number of hydrogen-bond acceptors (Lipinski definition) is 18. The summed E-state index contributed by atoms with van der Waals surface area (Å²) in [6, 6.07) is 27.3. The SMILES string of the molecule is C=CC(=O)OCCCCCCOC(=O)C1CCC(C(=O)Oc2ccc(C(=O)OC3(C#CC#Cc4ccc(-c5ccc(C#CC#Cc6cc7c(OC(=O)C8CCC(C(=O)OCCCCCCOC(=O)C=C)CC8)ccc(C(=O)OC8CCC(OCCCC)CC8)c7s6)cc5)cc4)CCC(CCCCC)CC3)cc2)CC1. The van der Waals surface area contributed by atoms with Crippen LogP contribution in [0.3, 0.4) is 0 Å². The van der Waals surface area contributed by atoms with E-state index in [4.69, 9.17) is 42.6 Å². The summed E-state index contributed by atoms with van der Waals surface area (Å²) in [7, 11) is 0. The summed E-state index contributed by atoms with van der Waals surface area (Å²) >= 11 is 1.31. The number of esters is 8. The molecule has 4 saturated carbocycles. The van der Waals surface area contributed by atoms with Gasteiger partial charge in [-0.2, -0.15) is 0 Å². The maximum atomic E-state index is 14.0. The smallest absolute Gasteiger partial charge is 0.339 e. The fourth-order valence-electron chi connectivity index (χ4n) is 14.2. The molecule has 17 nitrogen and oxygen atoms in total. The second-order valence-electron chi connectivity index (χ2n) is 28.8. The molecule has 0 radical (unpaired) electrons. The molecular formula is C91H104O17S. The van der Waals surface area contributed by atoms with E-state index in [1.54, 1.807) is 36.4 Å². The Bertz CT molecular complexity index is 4140. The highest BCUT2D eigenvalue weighted by Crippen LogP contribution is 2.41. The molecule has 0 amide bonds. The molecule has 1 heterocycles. The zero-order chi connectivity index (χ0) is 77.0. The largest absolute Gasteiger partial charge is 0.465 e. The van der Waals surface area contributed by atoms with Gasteiger partial charge in [0.2, 0.25) is 0 Å². The second kappa shape index (κ2) is 44.7. The van der Waals surface area contributed by atoms with Crippen LogP contribution in [0.1, 0.15) is 243 Å². The minimum absolute atomic E-state index is 0.162. The zero-order valence-corrected chi connectivity index (χ0v) is 64.2. The Labute approximate surface area is 647 Å². The van der Waals surface area contributed by atoms with Crippen LogP contribution in [0.2, 0.25) is 0 Å². The number of rotatable bonds is 35. The summed E-state index contributed by atoms with van der Waals surface area (Å²) in [6.07, 6.45) is 25.2. The van der Waals surface area contributed by atoms with Gasteiger partial charge in [0.1, 0.15) is 17.6 Å². The third kappa shape index (κ3) is 27.1. The first-order chi connectivity index (χ1) is 53.1. The minimum Gasteiger partial charge on any atom is -0.465 e. The monoisotopic (exact) mass is 1500 g/mol. The summed E-state index contributed by atoms with van der Waals surface area (Å²) in [6.45, 7) is 13.2. The molecule has 0 aliphatic heterocycles. The van der Waals surface area contributed by atoms with E-state index in [1.807, 2.05) is 54.6 Å². The second-order valence-corrected chi connectivity index (χ2v) is 29.9. The Morgan fingerprint density at radius 2 is 0.954 bits per heavy atom. The fourth-order valence-corrected chi connectivity index (χ4v) is 15.2. The van der Waals surface area contributed by atoms with Crippen molar-refractivity contribution in [1.29, 1.82) is 0 Å². The van der Waals surface area contributed by atoms with Gasteiger partial charge in [0.25, 0.3) is 0 Å². The van der Waals surface area contributed by atoms with Crippen molar-refractivity contribution in [3.8, 4) is 70.0 Å². The Morgan fingerprint density at radius 3 is 1.48 bits per heavy atom. The highest BCUT2D eigenvalue weighted by atomic mass is 32.1. The molecule has 4 aromatic carbocycles. The lowest BCUT2D eigenvalue weighted by Gasteiger charge is -2.36. The average Bonchev–Trinajstić information content (AvgIpc) is 1.65. The van der Waals surface area contributed by atoms with E-state index >= 15 is 0 Å². The van der Waals surface area contributed by atoms with Crippen molar-refractivity contribution in [1.82, 2.24) is 0 Å². The van der Waals surface area contributed by atoms with Crippen molar-refractivity contribution in [3.63, 3.8) is 0 Å². The molecule has 4 aliphatic rings. The molecule has 0 bridgehead atoms. The molecule has 0 N–H and O–H groups in total. The maximum Gasteiger partial charge on any atom is 0.339 e. The molecule has 5 aromatic rings. The molecule has 9 rings (SSSR count). The molecule has 576 valence electrons. The van der Waals surface area contributed by atoms with Gasteiger partial charge in [0.05, 0.1) is 76.9 Å². The van der Waals surface area contributed by atoms with Crippen molar-refractivity contribution in [2.45, 2.75) is 224 Å². The first kappa shape index (κ1) is 83.3. The topological polar surface area (TPSA) is 220 Å². The lowest BCUT2D eigenvalue weighted by molar-refractivity contribution is -0.152. The molecule has 0 unspecified atom stereocenters. The van der Waals surface area contributed by atoms with E-state index in [-0.39, 0.29) is 47.9 Å². The molecular weight excluding hydrogens is 1400 g/mol. The number of unbranched alkanes of at least 4 members (excludes halogenated alkanes) is 9. The number of carbonyl (C=O) groups is 8. The first-order valence-corrected chi connectivity index (χ1v) is 40.3. The molecule has 0 spiro atoms. The third-order valence-electron chi connectivity index (χ3n) is 20.8. The Hall–Kier alpha value is -9.72. The van der Waals surface area contributed by atoms with E-state index in [1.165, 1.54) is 24.2 Å². The Balaban J connectivity index is 0.772. The van der Waals surface area contributed by atoms with Crippen LogP contribution < -0.4 is 9.47 Å². The van der Waals surface area contributed by atoms with E-state index in [0.29, 0.717) is 153 Å². The highest BCUT2D eigenvalue weighted by Gasteiger charge is 2.39. The Morgan fingerprint density at radius 1 is 0.468 bits per heavy atom. The van der Waals surface area contributed by atoms with Gasteiger partial charge in [0.15, 0.2) is 5.60 Å². The van der Waals surface area contributed by atoms with Crippen LogP contribution in [-0.2, 0) is 61.9 Å². The van der Waals surface area contributed by atoms with Crippen molar-refractivity contribution in [2.75, 3.05) is 33.0 Å². The Kier molecular flexibility index (Phi) is 34.2. The van der Waals surface area contributed by atoms with Crippen LogP contribution in [0.5, 0.6) is 11.5 Å². The van der Waals surface area contributed by atoms with Crippen molar-refractivity contribution in [2.24, 2.45) is 29.6 Å². The third-order valence-corrected chi connectivity index (χ3v) is 21.9. The highest BCUT2D eigenvalue weighted by molar-refractivity contribution is 7.20. The molecule has 109 heavy (non-hydrogen) atoms. The van der Waals surface area contributed by atoms with Crippen molar-refractivity contribution in [3.05, 3.63) is 143 Å².